The Morgan fingerprint density at radius 1 is 1.06 bits per heavy atom. The highest BCUT2D eigenvalue weighted by Gasteiger charge is 2.25. The summed E-state index contributed by atoms with van der Waals surface area (Å²) in [6.45, 7) is 3.31. The lowest BCUT2D eigenvalue weighted by atomic mass is 10.1. The van der Waals surface area contributed by atoms with Crippen LogP contribution in [-0.2, 0) is 6.42 Å². The highest BCUT2D eigenvalue weighted by molar-refractivity contribution is 5.68. The Kier molecular flexibility index (Phi) is 2.71. The number of nitrogens with two attached hydrogens (primary N) is 1. The first-order valence-electron chi connectivity index (χ1n) is 6.46. The largest absolute Gasteiger partial charge is 0.398 e. The summed E-state index contributed by atoms with van der Waals surface area (Å²) in [5.41, 5.74) is 10.9. The van der Waals surface area contributed by atoms with Crippen LogP contribution in [0.2, 0.25) is 0 Å². The molecule has 3 rings (SSSR count). The van der Waals surface area contributed by atoms with E-state index in [0.29, 0.717) is 6.04 Å². The molecule has 0 spiro atoms. The minimum absolute atomic E-state index is 0.397. The molecule has 0 fully saturated rings. The molecule has 2 aromatic carbocycles. The molecule has 0 saturated heterocycles. The first-order chi connectivity index (χ1) is 8.77. The number of nitrogens with zero attached hydrogens (tertiary/aromatic N) is 1. The van der Waals surface area contributed by atoms with E-state index < -0.39 is 0 Å². The van der Waals surface area contributed by atoms with E-state index in [1.54, 1.807) is 0 Å². The molecular weight excluding hydrogens is 220 g/mol. The first kappa shape index (κ1) is 11.1. The lowest BCUT2D eigenvalue weighted by molar-refractivity contribution is 0.697. The molecular formula is C16H18N2. The molecule has 1 heterocycles. The molecule has 2 N–H and O–H groups in total. The number of rotatable bonds is 2. The fraction of sp³-hybridized carbons (Fsp3) is 0.250. The third kappa shape index (κ3) is 1.74. The normalized spacial score (nSPS) is 15.5. The molecule has 0 saturated carbocycles. The van der Waals surface area contributed by atoms with Crippen molar-refractivity contribution in [1.29, 1.82) is 0 Å². The zero-order chi connectivity index (χ0) is 12.5. The maximum absolute atomic E-state index is 6.05. The molecule has 1 atom stereocenters. The summed E-state index contributed by atoms with van der Waals surface area (Å²) in [5.74, 6) is 0. The second kappa shape index (κ2) is 4.37. The van der Waals surface area contributed by atoms with Crippen molar-refractivity contribution >= 4 is 11.4 Å². The van der Waals surface area contributed by atoms with E-state index in [1.807, 2.05) is 12.1 Å². The van der Waals surface area contributed by atoms with Gasteiger partial charge in [-0.25, -0.2) is 0 Å². The van der Waals surface area contributed by atoms with Gasteiger partial charge in [-0.2, -0.15) is 0 Å². The van der Waals surface area contributed by atoms with Gasteiger partial charge in [0.1, 0.15) is 0 Å². The second-order valence-electron chi connectivity index (χ2n) is 4.87. The third-order valence-electron chi connectivity index (χ3n) is 3.85. The fourth-order valence-electron chi connectivity index (χ4n) is 2.80. The van der Waals surface area contributed by atoms with Crippen LogP contribution in [0.4, 0.5) is 11.4 Å². The van der Waals surface area contributed by atoms with Gasteiger partial charge in [-0.05, 0) is 31.0 Å². The van der Waals surface area contributed by atoms with Gasteiger partial charge < -0.3 is 10.6 Å². The van der Waals surface area contributed by atoms with Gasteiger partial charge >= 0.3 is 0 Å². The molecule has 92 valence electrons. The predicted molar refractivity (Wildman–Crippen MR) is 76.8 cm³/mol. The molecule has 0 aromatic heterocycles. The van der Waals surface area contributed by atoms with Crippen LogP contribution in [-0.4, -0.2) is 6.54 Å². The average Bonchev–Trinajstić information content (AvgIpc) is 2.84. The van der Waals surface area contributed by atoms with Gasteiger partial charge in [0, 0.05) is 23.5 Å². The van der Waals surface area contributed by atoms with Crippen LogP contribution in [0.25, 0.3) is 0 Å². The van der Waals surface area contributed by atoms with Crippen LogP contribution in [0.15, 0.2) is 48.5 Å². The van der Waals surface area contributed by atoms with E-state index in [9.17, 15) is 0 Å². The lowest BCUT2D eigenvalue weighted by Gasteiger charge is -2.27. The van der Waals surface area contributed by atoms with E-state index in [2.05, 4.69) is 48.2 Å². The molecule has 1 aliphatic heterocycles. The van der Waals surface area contributed by atoms with Gasteiger partial charge in [-0.15, -0.1) is 0 Å². The molecule has 1 unspecified atom stereocenters. The summed E-state index contributed by atoms with van der Waals surface area (Å²) >= 11 is 0. The van der Waals surface area contributed by atoms with Gasteiger partial charge in [0.15, 0.2) is 0 Å². The molecule has 2 aromatic rings. The standard InChI is InChI=1S/C16H18N2/c1-12(13-6-3-2-4-7-13)18-11-10-14-15(17)8-5-9-16(14)18/h2-9,12H,10-11,17H2,1H3. The van der Waals surface area contributed by atoms with Crippen LogP contribution in [0.3, 0.4) is 0 Å². The highest BCUT2D eigenvalue weighted by Crippen LogP contribution is 2.37. The summed E-state index contributed by atoms with van der Waals surface area (Å²) in [4.78, 5) is 2.45. The van der Waals surface area contributed by atoms with Crippen molar-refractivity contribution in [1.82, 2.24) is 0 Å². The number of fused-ring (bicyclic) bond motifs is 1. The molecule has 0 aliphatic carbocycles. The van der Waals surface area contributed by atoms with Crippen molar-refractivity contribution in [2.75, 3.05) is 17.2 Å². The second-order valence-corrected chi connectivity index (χ2v) is 4.87. The Balaban J connectivity index is 1.95. The van der Waals surface area contributed by atoms with Gasteiger partial charge in [-0.3, -0.25) is 0 Å². The van der Waals surface area contributed by atoms with Crippen LogP contribution in [0, 0.1) is 0 Å². The van der Waals surface area contributed by atoms with Crippen molar-refractivity contribution in [3.05, 3.63) is 59.7 Å². The summed E-state index contributed by atoms with van der Waals surface area (Å²) in [6.07, 6.45) is 1.05. The van der Waals surface area contributed by atoms with Crippen molar-refractivity contribution in [3.63, 3.8) is 0 Å². The minimum atomic E-state index is 0.397. The number of hydrogen-bond donors (Lipinski definition) is 1. The number of nitrogen functional groups attached to an aromatic ring is 1. The average molecular weight is 238 g/mol. The Morgan fingerprint density at radius 3 is 2.61 bits per heavy atom. The zero-order valence-electron chi connectivity index (χ0n) is 10.6. The van der Waals surface area contributed by atoms with Crippen molar-refractivity contribution in [3.8, 4) is 0 Å². The number of benzene rings is 2. The lowest BCUT2D eigenvalue weighted by Crippen LogP contribution is -2.24. The molecule has 1 aliphatic rings. The maximum Gasteiger partial charge on any atom is 0.0514 e. The van der Waals surface area contributed by atoms with Gasteiger partial charge in [0.2, 0.25) is 0 Å². The predicted octanol–water partition coefficient (Wildman–Crippen LogP) is 3.39. The van der Waals surface area contributed by atoms with Gasteiger partial charge in [-0.1, -0.05) is 36.4 Å². The summed E-state index contributed by atoms with van der Waals surface area (Å²) < 4.78 is 0. The quantitative estimate of drug-likeness (QED) is 0.813. The Labute approximate surface area is 108 Å². The molecule has 2 heteroatoms. The van der Waals surface area contributed by atoms with Crippen LogP contribution in [0.5, 0.6) is 0 Å². The molecule has 0 radical (unpaired) electrons. The maximum atomic E-state index is 6.05. The molecule has 0 amide bonds. The van der Waals surface area contributed by atoms with Crippen molar-refractivity contribution in [2.45, 2.75) is 19.4 Å². The van der Waals surface area contributed by atoms with E-state index in [0.717, 1.165) is 18.7 Å². The summed E-state index contributed by atoms with van der Waals surface area (Å²) in [7, 11) is 0. The number of hydrogen-bond acceptors (Lipinski definition) is 2. The highest BCUT2D eigenvalue weighted by atomic mass is 15.2. The van der Waals surface area contributed by atoms with Gasteiger partial charge in [0.25, 0.3) is 0 Å². The van der Waals surface area contributed by atoms with E-state index in [-0.39, 0.29) is 0 Å². The molecule has 2 nitrogen and oxygen atoms in total. The van der Waals surface area contributed by atoms with Crippen LogP contribution < -0.4 is 10.6 Å². The minimum Gasteiger partial charge on any atom is -0.398 e. The van der Waals surface area contributed by atoms with Crippen molar-refractivity contribution < 1.29 is 0 Å². The topological polar surface area (TPSA) is 29.3 Å². The SMILES string of the molecule is CC(c1ccccc1)N1CCc2c(N)cccc21. The van der Waals surface area contributed by atoms with Gasteiger partial charge in [0.05, 0.1) is 6.04 Å². The molecule has 0 bridgehead atoms. The van der Waals surface area contributed by atoms with Crippen molar-refractivity contribution in [2.24, 2.45) is 0 Å². The summed E-state index contributed by atoms with van der Waals surface area (Å²) in [5, 5.41) is 0. The fourth-order valence-corrected chi connectivity index (χ4v) is 2.80. The Hall–Kier alpha value is -1.96. The van der Waals surface area contributed by atoms with E-state index in [1.165, 1.54) is 16.8 Å². The van der Waals surface area contributed by atoms with Crippen LogP contribution >= 0.6 is 0 Å². The Bertz CT molecular complexity index is 548. The summed E-state index contributed by atoms with van der Waals surface area (Å²) in [6, 6.07) is 17.3. The van der Waals surface area contributed by atoms with E-state index in [4.69, 9.17) is 5.73 Å². The van der Waals surface area contributed by atoms with Crippen LogP contribution in [0.1, 0.15) is 24.1 Å². The third-order valence-corrected chi connectivity index (χ3v) is 3.85. The molecule has 18 heavy (non-hydrogen) atoms. The zero-order valence-corrected chi connectivity index (χ0v) is 10.6. The van der Waals surface area contributed by atoms with E-state index >= 15 is 0 Å². The monoisotopic (exact) mass is 238 g/mol. The smallest absolute Gasteiger partial charge is 0.0514 e. The first-order valence-corrected chi connectivity index (χ1v) is 6.46. The number of anilines is 2. The Morgan fingerprint density at radius 2 is 1.83 bits per heavy atom.